The number of hydrogen-bond donors (Lipinski definition) is 1. The van der Waals surface area contributed by atoms with Gasteiger partial charge < -0.3 is 9.84 Å². The maximum Gasteiger partial charge on any atom is 0.356 e. The van der Waals surface area contributed by atoms with Crippen LogP contribution in [0.4, 0.5) is 0 Å². The number of aromatic nitrogens is 2. The minimum atomic E-state index is -0.714. The van der Waals surface area contributed by atoms with E-state index in [1.807, 2.05) is 9.39 Å². The monoisotopic (exact) mass is 385 g/mol. The first-order valence-corrected chi connectivity index (χ1v) is 8.52. The Labute approximate surface area is 156 Å². The van der Waals surface area contributed by atoms with E-state index in [4.69, 9.17) is 4.74 Å². The number of allylic oxidation sites excluding steroid dienone is 1. The Morgan fingerprint density at radius 2 is 1.96 bits per heavy atom. The SMILES string of the molecule is CCOC(=O)C1=N/C(=C/c2c(O)n(-c3ccccc3)c(=O)n(P)c2=O)C=C1. The molecule has 0 saturated heterocycles. The van der Waals surface area contributed by atoms with Crippen molar-refractivity contribution >= 4 is 27.1 Å². The van der Waals surface area contributed by atoms with Gasteiger partial charge in [-0.2, -0.15) is 0 Å². The van der Waals surface area contributed by atoms with Gasteiger partial charge in [0.05, 0.1) is 18.0 Å². The van der Waals surface area contributed by atoms with Gasteiger partial charge in [0.15, 0.2) is 0 Å². The molecule has 0 bridgehead atoms. The van der Waals surface area contributed by atoms with Crippen molar-refractivity contribution in [2.45, 2.75) is 6.92 Å². The Balaban J connectivity index is 2.14. The number of esters is 1. The third kappa shape index (κ3) is 3.52. The molecule has 8 nitrogen and oxygen atoms in total. The Morgan fingerprint density at radius 3 is 2.63 bits per heavy atom. The van der Waals surface area contributed by atoms with E-state index in [2.05, 4.69) is 4.99 Å². The van der Waals surface area contributed by atoms with Crippen molar-refractivity contribution in [1.29, 1.82) is 0 Å². The number of aromatic hydroxyl groups is 1. The number of carbonyl (C=O) groups is 1. The zero-order valence-electron chi connectivity index (χ0n) is 14.3. The first-order valence-electron chi connectivity index (χ1n) is 8.01. The van der Waals surface area contributed by atoms with Gasteiger partial charge in [-0.3, -0.25) is 4.79 Å². The third-order valence-corrected chi connectivity index (χ3v) is 4.21. The van der Waals surface area contributed by atoms with Gasteiger partial charge in [0.2, 0.25) is 5.88 Å². The Kier molecular flexibility index (Phi) is 5.19. The van der Waals surface area contributed by atoms with Crippen molar-refractivity contribution in [3.05, 3.63) is 74.6 Å². The maximum absolute atomic E-state index is 12.5. The van der Waals surface area contributed by atoms with E-state index in [9.17, 15) is 19.5 Å². The van der Waals surface area contributed by atoms with Crippen molar-refractivity contribution < 1.29 is 14.6 Å². The van der Waals surface area contributed by atoms with Crippen molar-refractivity contribution in [2.75, 3.05) is 6.61 Å². The second-order valence-electron chi connectivity index (χ2n) is 5.49. The van der Waals surface area contributed by atoms with Gasteiger partial charge in [0, 0.05) is 0 Å². The summed E-state index contributed by atoms with van der Waals surface area (Å²) in [5, 5.41) is 10.6. The Morgan fingerprint density at radius 1 is 1.26 bits per heavy atom. The molecule has 0 fully saturated rings. The highest BCUT2D eigenvalue weighted by Crippen LogP contribution is 2.21. The standard InChI is InChI=1S/C18H16N3O5P/c1-2-26-17(24)14-9-8-11(19-14)10-13-15(22)20(12-6-4-3-5-7-12)18(25)21(27)16(13)23/h3-10,22H,2,27H2,1H3/b11-10+. The molecule has 0 saturated carbocycles. The molecule has 3 rings (SSSR count). The van der Waals surface area contributed by atoms with Crippen molar-refractivity contribution in [3.8, 4) is 11.6 Å². The predicted octanol–water partition coefficient (Wildman–Crippen LogP) is 1.26. The summed E-state index contributed by atoms with van der Waals surface area (Å²) < 4.78 is 6.69. The highest BCUT2D eigenvalue weighted by atomic mass is 31.0. The molecule has 0 radical (unpaired) electrons. The molecule has 0 amide bonds. The van der Waals surface area contributed by atoms with Crippen LogP contribution in [0.2, 0.25) is 0 Å². The van der Waals surface area contributed by atoms with Crippen molar-refractivity contribution in [1.82, 2.24) is 8.90 Å². The van der Waals surface area contributed by atoms with E-state index >= 15 is 0 Å². The van der Waals surface area contributed by atoms with Crippen LogP contribution in [0.3, 0.4) is 0 Å². The van der Waals surface area contributed by atoms with Gasteiger partial charge in [-0.25, -0.2) is 23.5 Å². The molecule has 1 N–H and O–H groups in total. The smallest absolute Gasteiger partial charge is 0.356 e. The summed E-state index contributed by atoms with van der Waals surface area (Å²) in [5.74, 6) is -1.10. The molecule has 0 aliphatic carbocycles. The lowest BCUT2D eigenvalue weighted by Crippen LogP contribution is -2.35. The fourth-order valence-corrected chi connectivity index (χ4v) is 2.75. The fourth-order valence-electron chi connectivity index (χ4n) is 2.49. The summed E-state index contributed by atoms with van der Waals surface area (Å²) >= 11 is 0. The van der Waals surface area contributed by atoms with Gasteiger partial charge >= 0.3 is 11.7 Å². The molecule has 1 atom stereocenters. The normalized spacial score (nSPS) is 14.4. The second kappa shape index (κ2) is 7.55. The lowest BCUT2D eigenvalue weighted by atomic mass is 10.2. The van der Waals surface area contributed by atoms with Gasteiger partial charge in [0.25, 0.3) is 5.56 Å². The van der Waals surface area contributed by atoms with Crippen LogP contribution in [-0.2, 0) is 9.53 Å². The van der Waals surface area contributed by atoms with Crippen LogP contribution in [0, 0.1) is 0 Å². The Hall–Kier alpha value is -3.25. The van der Waals surface area contributed by atoms with Crippen LogP contribution in [0.5, 0.6) is 5.88 Å². The molecule has 0 spiro atoms. The molecule has 9 heteroatoms. The van der Waals surface area contributed by atoms with E-state index < -0.39 is 23.1 Å². The molecule has 1 aromatic heterocycles. The highest BCUT2D eigenvalue weighted by molar-refractivity contribution is 7.14. The molecule has 1 aromatic carbocycles. The van der Waals surface area contributed by atoms with Crippen LogP contribution in [0.25, 0.3) is 11.8 Å². The quantitative estimate of drug-likeness (QED) is 0.631. The van der Waals surface area contributed by atoms with Gasteiger partial charge in [-0.15, -0.1) is 0 Å². The van der Waals surface area contributed by atoms with Crippen LogP contribution < -0.4 is 11.2 Å². The summed E-state index contributed by atoms with van der Waals surface area (Å²) in [6.45, 7) is 1.89. The number of nitrogens with zero attached hydrogens (tertiary/aromatic N) is 3. The molecule has 2 aromatic rings. The van der Waals surface area contributed by atoms with Crippen LogP contribution in [0.1, 0.15) is 12.5 Å². The third-order valence-electron chi connectivity index (χ3n) is 3.75. The summed E-state index contributed by atoms with van der Waals surface area (Å²) in [6.07, 6.45) is 4.27. The van der Waals surface area contributed by atoms with E-state index in [1.165, 1.54) is 18.2 Å². The number of para-hydroxylation sites is 1. The number of carbonyl (C=O) groups excluding carboxylic acids is 1. The van der Waals surface area contributed by atoms with Crippen molar-refractivity contribution in [3.63, 3.8) is 0 Å². The summed E-state index contributed by atoms with van der Waals surface area (Å²) in [6, 6.07) is 8.42. The zero-order chi connectivity index (χ0) is 19.6. The van der Waals surface area contributed by atoms with Crippen LogP contribution in [-0.4, -0.2) is 32.3 Å². The van der Waals surface area contributed by atoms with Gasteiger partial charge in [0.1, 0.15) is 11.3 Å². The minimum Gasteiger partial charge on any atom is -0.494 e. The van der Waals surface area contributed by atoms with Crippen molar-refractivity contribution in [2.24, 2.45) is 4.99 Å². The highest BCUT2D eigenvalue weighted by Gasteiger charge is 2.19. The summed E-state index contributed by atoms with van der Waals surface area (Å²) in [4.78, 5) is 40.7. The fraction of sp³-hybridized carbons (Fsp3) is 0.111. The average molecular weight is 385 g/mol. The number of benzene rings is 1. The number of rotatable bonds is 4. The predicted molar refractivity (Wildman–Crippen MR) is 104 cm³/mol. The average Bonchev–Trinajstić information content (AvgIpc) is 3.14. The zero-order valence-corrected chi connectivity index (χ0v) is 15.5. The molecular formula is C18H16N3O5P. The summed E-state index contributed by atoms with van der Waals surface area (Å²) in [7, 11) is 2.03. The molecule has 1 aliphatic heterocycles. The van der Waals surface area contributed by atoms with Gasteiger partial charge in [-0.1, -0.05) is 18.2 Å². The second-order valence-corrected chi connectivity index (χ2v) is 6.00. The Bertz CT molecular complexity index is 1110. The number of ether oxygens (including phenoxy) is 1. The van der Waals surface area contributed by atoms with E-state index in [-0.39, 0.29) is 23.6 Å². The molecule has 1 unspecified atom stereocenters. The number of hydrogen-bond acceptors (Lipinski definition) is 6. The first kappa shape index (κ1) is 18.5. The van der Waals surface area contributed by atoms with Gasteiger partial charge in [-0.05, 0) is 46.7 Å². The van der Waals surface area contributed by atoms with E-state index in [1.54, 1.807) is 37.3 Å². The van der Waals surface area contributed by atoms with Crippen LogP contribution in [0.15, 0.2) is 62.8 Å². The number of aliphatic imine (C=N–C) groups is 1. The minimum absolute atomic E-state index is 0.0881. The molecular weight excluding hydrogens is 369 g/mol. The molecule has 1 aliphatic rings. The molecule has 138 valence electrons. The molecule has 27 heavy (non-hydrogen) atoms. The first-order chi connectivity index (χ1) is 12.9. The topological polar surface area (TPSA) is 103 Å². The van der Waals surface area contributed by atoms with E-state index in [0.717, 1.165) is 8.90 Å². The largest absolute Gasteiger partial charge is 0.494 e. The lowest BCUT2D eigenvalue weighted by Gasteiger charge is -2.12. The van der Waals surface area contributed by atoms with Crippen LogP contribution >= 0.6 is 9.39 Å². The lowest BCUT2D eigenvalue weighted by molar-refractivity contribution is -0.134. The molecule has 2 heterocycles. The summed E-state index contributed by atoms with van der Waals surface area (Å²) in [5.41, 5.74) is -0.807. The van der Waals surface area contributed by atoms with E-state index in [0.29, 0.717) is 5.69 Å². The maximum atomic E-state index is 12.5.